The minimum Gasteiger partial charge on any atom is -0.372 e. The van der Waals surface area contributed by atoms with Gasteiger partial charge in [-0.25, -0.2) is 0 Å². The van der Waals surface area contributed by atoms with Crippen molar-refractivity contribution in [2.75, 3.05) is 13.6 Å². The highest BCUT2D eigenvalue weighted by molar-refractivity contribution is 6.30. The van der Waals surface area contributed by atoms with E-state index in [9.17, 15) is 0 Å². The zero-order valence-corrected chi connectivity index (χ0v) is 13.5. The van der Waals surface area contributed by atoms with Crippen LogP contribution in [0.3, 0.4) is 0 Å². The molecule has 0 spiro atoms. The van der Waals surface area contributed by atoms with E-state index in [1.807, 2.05) is 19.2 Å². The van der Waals surface area contributed by atoms with Crippen molar-refractivity contribution in [3.8, 4) is 0 Å². The highest BCUT2D eigenvalue weighted by Crippen LogP contribution is 2.33. The van der Waals surface area contributed by atoms with E-state index >= 15 is 0 Å². The van der Waals surface area contributed by atoms with Crippen LogP contribution in [0.4, 0.5) is 0 Å². The smallest absolute Gasteiger partial charge is 0.0631 e. The predicted octanol–water partition coefficient (Wildman–Crippen LogP) is 4.07. The normalized spacial score (nSPS) is 22.9. The van der Waals surface area contributed by atoms with E-state index in [-0.39, 0.29) is 5.60 Å². The summed E-state index contributed by atoms with van der Waals surface area (Å²) >= 11 is 6.07. The van der Waals surface area contributed by atoms with Crippen LogP contribution in [0.1, 0.15) is 38.7 Å². The van der Waals surface area contributed by atoms with Gasteiger partial charge in [-0.2, -0.15) is 0 Å². The molecule has 1 N–H and O–H groups in total. The molecule has 2 unspecified atom stereocenters. The number of hydrogen-bond acceptors (Lipinski definition) is 2. The van der Waals surface area contributed by atoms with E-state index in [4.69, 9.17) is 16.3 Å². The van der Waals surface area contributed by atoms with Gasteiger partial charge in [-0.15, -0.1) is 0 Å². The molecule has 3 heteroatoms. The van der Waals surface area contributed by atoms with Crippen molar-refractivity contribution in [2.24, 2.45) is 5.92 Å². The standard InChI is InChI=1S/C17H26ClNO/c1-17(2)8-7-16(20-17)11-14(12-19-3)9-13-5-4-6-15(18)10-13/h4-6,10,14,16,19H,7-9,11-12H2,1-3H3. The minimum absolute atomic E-state index is 0.0604. The van der Waals surface area contributed by atoms with Crippen LogP contribution >= 0.6 is 11.6 Å². The van der Waals surface area contributed by atoms with Gasteiger partial charge >= 0.3 is 0 Å². The Morgan fingerprint density at radius 3 is 2.85 bits per heavy atom. The van der Waals surface area contributed by atoms with Gasteiger partial charge < -0.3 is 10.1 Å². The van der Waals surface area contributed by atoms with Gasteiger partial charge in [-0.1, -0.05) is 23.7 Å². The molecule has 1 aromatic rings. The minimum atomic E-state index is 0.0604. The Balaban J connectivity index is 1.93. The lowest BCUT2D eigenvalue weighted by Gasteiger charge is -2.23. The first-order chi connectivity index (χ1) is 9.48. The molecule has 1 aromatic carbocycles. The lowest BCUT2D eigenvalue weighted by molar-refractivity contribution is -0.0243. The third-order valence-electron chi connectivity index (χ3n) is 4.06. The van der Waals surface area contributed by atoms with Gasteiger partial charge in [0.25, 0.3) is 0 Å². The van der Waals surface area contributed by atoms with Crippen LogP contribution < -0.4 is 5.32 Å². The Hall–Kier alpha value is -0.570. The molecule has 0 radical (unpaired) electrons. The third-order valence-corrected chi connectivity index (χ3v) is 4.29. The Morgan fingerprint density at radius 2 is 2.25 bits per heavy atom. The largest absolute Gasteiger partial charge is 0.372 e. The van der Waals surface area contributed by atoms with Crippen molar-refractivity contribution in [1.29, 1.82) is 0 Å². The molecule has 2 atom stereocenters. The van der Waals surface area contributed by atoms with Crippen molar-refractivity contribution in [1.82, 2.24) is 5.32 Å². The highest BCUT2D eigenvalue weighted by Gasteiger charge is 2.32. The number of nitrogens with one attached hydrogen (secondary N) is 1. The number of rotatable bonds is 6. The number of halogens is 1. The van der Waals surface area contributed by atoms with Crippen LogP contribution in [0.25, 0.3) is 0 Å². The zero-order chi connectivity index (χ0) is 14.6. The summed E-state index contributed by atoms with van der Waals surface area (Å²) in [7, 11) is 2.02. The second-order valence-electron chi connectivity index (χ2n) is 6.53. The molecule has 0 bridgehead atoms. The maximum Gasteiger partial charge on any atom is 0.0631 e. The summed E-state index contributed by atoms with van der Waals surface area (Å²) in [6, 6.07) is 8.20. The van der Waals surface area contributed by atoms with E-state index in [0.717, 1.165) is 24.4 Å². The van der Waals surface area contributed by atoms with Crippen molar-refractivity contribution >= 4 is 11.6 Å². The molecule has 1 aliphatic rings. The van der Waals surface area contributed by atoms with Crippen LogP contribution in [-0.2, 0) is 11.2 Å². The van der Waals surface area contributed by atoms with E-state index in [2.05, 4.69) is 31.3 Å². The van der Waals surface area contributed by atoms with Crippen LogP contribution in [-0.4, -0.2) is 25.3 Å². The summed E-state index contributed by atoms with van der Waals surface area (Å²) in [5.41, 5.74) is 1.38. The highest BCUT2D eigenvalue weighted by atomic mass is 35.5. The number of ether oxygens (including phenoxy) is 1. The van der Waals surface area contributed by atoms with Crippen LogP contribution in [0, 0.1) is 5.92 Å². The molecule has 1 saturated heterocycles. The SMILES string of the molecule is CNCC(Cc1cccc(Cl)c1)CC1CCC(C)(C)O1. The summed E-state index contributed by atoms with van der Waals surface area (Å²) in [6.45, 7) is 5.40. The van der Waals surface area contributed by atoms with Gasteiger partial charge in [0.05, 0.1) is 11.7 Å². The fourth-order valence-electron chi connectivity index (χ4n) is 3.14. The lowest BCUT2D eigenvalue weighted by atomic mass is 9.92. The van der Waals surface area contributed by atoms with E-state index in [0.29, 0.717) is 12.0 Å². The molecular formula is C17H26ClNO. The van der Waals surface area contributed by atoms with Gasteiger partial charge in [-0.05, 0) is 76.7 Å². The fourth-order valence-corrected chi connectivity index (χ4v) is 3.35. The average Bonchev–Trinajstić information content (AvgIpc) is 2.69. The van der Waals surface area contributed by atoms with Gasteiger partial charge in [0.1, 0.15) is 0 Å². The maximum atomic E-state index is 6.13. The van der Waals surface area contributed by atoms with Gasteiger partial charge in [0.15, 0.2) is 0 Å². The molecule has 1 fully saturated rings. The van der Waals surface area contributed by atoms with Gasteiger partial charge in [0.2, 0.25) is 0 Å². The fraction of sp³-hybridized carbons (Fsp3) is 0.647. The molecule has 20 heavy (non-hydrogen) atoms. The second-order valence-corrected chi connectivity index (χ2v) is 6.97. The monoisotopic (exact) mass is 295 g/mol. The Labute approximate surface area is 127 Å². The summed E-state index contributed by atoms with van der Waals surface area (Å²) < 4.78 is 6.13. The first kappa shape index (κ1) is 15.8. The molecule has 0 amide bonds. The predicted molar refractivity (Wildman–Crippen MR) is 85.4 cm³/mol. The molecule has 112 valence electrons. The maximum absolute atomic E-state index is 6.13. The molecule has 1 heterocycles. The number of benzene rings is 1. The third kappa shape index (κ3) is 4.76. The Bertz CT molecular complexity index is 433. The van der Waals surface area contributed by atoms with Crippen LogP contribution in [0.5, 0.6) is 0 Å². The second kappa shape index (κ2) is 6.93. The Kier molecular flexibility index (Phi) is 5.48. The molecule has 0 aromatic heterocycles. The van der Waals surface area contributed by atoms with E-state index in [1.54, 1.807) is 0 Å². The van der Waals surface area contributed by atoms with Crippen LogP contribution in [0.15, 0.2) is 24.3 Å². The van der Waals surface area contributed by atoms with Crippen molar-refractivity contribution in [3.63, 3.8) is 0 Å². The van der Waals surface area contributed by atoms with E-state index < -0.39 is 0 Å². The molecule has 2 rings (SSSR count). The summed E-state index contributed by atoms with van der Waals surface area (Å²) in [5, 5.41) is 4.13. The summed E-state index contributed by atoms with van der Waals surface area (Å²) in [4.78, 5) is 0. The van der Waals surface area contributed by atoms with Crippen LogP contribution in [0.2, 0.25) is 5.02 Å². The molecule has 0 aliphatic carbocycles. The average molecular weight is 296 g/mol. The first-order valence-corrected chi connectivity index (χ1v) is 7.93. The number of hydrogen-bond donors (Lipinski definition) is 1. The van der Waals surface area contributed by atoms with Gasteiger partial charge in [-0.3, -0.25) is 0 Å². The van der Waals surface area contributed by atoms with Crippen molar-refractivity contribution in [3.05, 3.63) is 34.9 Å². The van der Waals surface area contributed by atoms with E-state index in [1.165, 1.54) is 18.4 Å². The lowest BCUT2D eigenvalue weighted by Crippen LogP contribution is -2.27. The van der Waals surface area contributed by atoms with Crippen molar-refractivity contribution in [2.45, 2.75) is 51.2 Å². The first-order valence-electron chi connectivity index (χ1n) is 7.55. The molecule has 1 aliphatic heterocycles. The molecule has 0 saturated carbocycles. The zero-order valence-electron chi connectivity index (χ0n) is 12.8. The topological polar surface area (TPSA) is 21.3 Å². The quantitative estimate of drug-likeness (QED) is 0.854. The molecule has 2 nitrogen and oxygen atoms in total. The summed E-state index contributed by atoms with van der Waals surface area (Å²) in [5.74, 6) is 0.595. The Morgan fingerprint density at radius 1 is 1.45 bits per heavy atom. The van der Waals surface area contributed by atoms with Gasteiger partial charge in [0, 0.05) is 5.02 Å². The molecular weight excluding hydrogens is 270 g/mol. The van der Waals surface area contributed by atoms with Crippen molar-refractivity contribution < 1.29 is 4.74 Å². The summed E-state index contributed by atoms with van der Waals surface area (Å²) in [6.07, 6.45) is 4.94.